The Morgan fingerprint density at radius 3 is 2.61 bits per heavy atom. The minimum absolute atomic E-state index is 0.0240. The second-order valence-corrected chi connectivity index (χ2v) is 10.7. The second kappa shape index (κ2) is 10.3. The third-order valence-corrected chi connectivity index (χ3v) is 7.81. The zero-order chi connectivity index (χ0) is 31.6. The summed E-state index contributed by atoms with van der Waals surface area (Å²) in [5.74, 6) is -2.31. The molecule has 0 unspecified atom stereocenters. The Kier molecular flexibility index (Phi) is 6.82. The second-order valence-electron chi connectivity index (χ2n) is 10.3. The molecule has 6 rings (SSSR count). The van der Waals surface area contributed by atoms with Gasteiger partial charge in [-0.25, -0.2) is 13.6 Å². The van der Waals surface area contributed by atoms with Crippen LogP contribution in [0, 0.1) is 23.0 Å². The predicted octanol–water partition coefficient (Wildman–Crippen LogP) is 5.37. The molecule has 3 amide bonds. The lowest BCUT2D eigenvalue weighted by atomic mass is 9.94. The molecule has 2 aliphatic rings. The molecule has 4 aromatic rings. The number of anilines is 2. The number of carbonyl (C=O) groups is 2. The van der Waals surface area contributed by atoms with Gasteiger partial charge >= 0.3 is 12.2 Å². The van der Waals surface area contributed by atoms with Gasteiger partial charge in [0.05, 0.1) is 36.6 Å². The van der Waals surface area contributed by atoms with Crippen molar-refractivity contribution in [1.29, 1.82) is 5.26 Å². The van der Waals surface area contributed by atoms with Gasteiger partial charge in [0.15, 0.2) is 0 Å². The zero-order valence-corrected chi connectivity index (χ0v) is 22.8. The number of fused-ring (bicyclic) bond motifs is 2. The lowest BCUT2D eigenvalue weighted by molar-refractivity contribution is -0.258. The molecule has 3 N–H and O–H groups in total. The van der Waals surface area contributed by atoms with Crippen LogP contribution < -0.4 is 15.5 Å². The number of nitriles is 1. The molecule has 2 atom stereocenters. The van der Waals surface area contributed by atoms with Gasteiger partial charge in [-0.15, -0.1) is 0 Å². The molecule has 0 bridgehead atoms. The van der Waals surface area contributed by atoms with Crippen LogP contribution >= 0.6 is 11.6 Å². The number of halogens is 6. The van der Waals surface area contributed by atoms with Crippen LogP contribution in [-0.4, -0.2) is 39.5 Å². The average Bonchev–Trinajstić information content (AvgIpc) is 3.64. The number of carbonyl (C=O) groups excluding carboxylic acids is 2. The summed E-state index contributed by atoms with van der Waals surface area (Å²) in [4.78, 5) is 27.4. The first-order valence-electron chi connectivity index (χ1n) is 12.8. The fraction of sp³-hybridized carbons (Fsp3) is 0.172. The Bertz CT molecular complexity index is 1910. The van der Waals surface area contributed by atoms with Crippen LogP contribution in [0.2, 0.25) is 5.02 Å². The fourth-order valence-electron chi connectivity index (χ4n) is 5.43. The standard InChI is InChI=1S/C29H18ClF5N6O3/c30-21-3-1-16(31)7-18(21)25-24-19(26(42)39-25)5-14(11-40-12-15(9-36)10-37-40)6-22(24)38-27(43)41-13-28(44,29(33,34)35)20-8-17(32)2-4-23(20)41/h1-8,10,12,25,44H,11,13H2,(H,38,43)(H,39,42)/t25-,28+/m1/s1. The number of nitrogens with one attached hydrogen (secondary N) is 2. The number of hydrogen-bond donors (Lipinski definition) is 3. The van der Waals surface area contributed by atoms with E-state index in [1.54, 1.807) is 0 Å². The molecule has 44 heavy (non-hydrogen) atoms. The van der Waals surface area contributed by atoms with Crippen LogP contribution in [0.15, 0.2) is 60.9 Å². The zero-order valence-electron chi connectivity index (χ0n) is 22.1. The summed E-state index contributed by atoms with van der Waals surface area (Å²) in [6.45, 7) is -1.25. The highest BCUT2D eigenvalue weighted by molar-refractivity contribution is 6.31. The van der Waals surface area contributed by atoms with Gasteiger partial charge < -0.3 is 15.7 Å². The summed E-state index contributed by atoms with van der Waals surface area (Å²) in [6, 6.07) is 8.49. The molecule has 0 saturated carbocycles. The fourth-order valence-corrected chi connectivity index (χ4v) is 5.66. The number of alkyl halides is 3. The highest BCUT2D eigenvalue weighted by Crippen LogP contribution is 2.49. The molecule has 9 nitrogen and oxygen atoms in total. The molecule has 0 fully saturated rings. The molecule has 0 saturated heterocycles. The molecule has 3 aromatic carbocycles. The predicted molar refractivity (Wildman–Crippen MR) is 146 cm³/mol. The van der Waals surface area contributed by atoms with Crippen LogP contribution in [-0.2, 0) is 12.1 Å². The van der Waals surface area contributed by atoms with Crippen LogP contribution in [0.5, 0.6) is 0 Å². The Morgan fingerprint density at radius 2 is 1.91 bits per heavy atom. The Balaban J connectivity index is 1.45. The summed E-state index contributed by atoms with van der Waals surface area (Å²) in [7, 11) is 0. The molecule has 0 radical (unpaired) electrons. The van der Waals surface area contributed by atoms with E-state index in [9.17, 15) is 36.6 Å². The number of aliphatic hydroxyl groups is 1. The van der Waals surface area contributed by atoms with E-state index in [1.807, 2.05) is 6.07 Å². The number of nitrogens with zero attached hydrogens (tertiary/aromatic N) is 4. The average molecular weight is 629 g/mol. The van der Waals surface area contributed by atoms with Crippen molar-refractivity contribution in [3.05, 3.63) is 111 Å². The summed E-state index contributed by atoms with van der Waals surface area (Å²) in [5.41, 5.74) is -3.77. The van der Waals surface area contributed by atoms with E-state index >= 15 is 0 Å². The van der Waals surface area contributed by atoms with Crippen LogP contribution in [0.3, 0.4) is 0 Å². The SMILES string of the molecule is N#Cc1cnn(Cc2cc(NC(=O)N3C[C@@](O)(C(F)(F)F)c4cc(F)ccc43)c3c(c2)C(=O)N[C@@H]3c2cc(F)ccc2Cl)c1. The molecule has 224 valence electrons. The minimum Gasteiger partial charge on any atom is -0.375 e. The number of amides is 3. The number of hydrogen-bond acceptors (Lipinski definition) is 5. The van der Waals surface area contributed by atoms with Gasteiger partial charge in [0.1, 0.15) is 17.7 Å². The van der Waals surface area contributed by atoms with Gasteiger partial charge in [0.25, 0.3) is 5.91 Å². The van der Waals surface area contributed by atoms with Crippen molar-refractivity contribution in [2.24, 2.45) is 0 Å². The van der Waals surface area contributed by atoms with Gasteiger partial charge in [-0.3, -0.25) is 14.4 Å². The van der Waals surface area contributed by atoms with Gasteiger partial charge in [0, 0.05) is 39.2 Å². The first-order valence-corrected chi connectivity index (χ1v) is 13.2. The van der Waals surface area contributed by atoms with Crippen molar-refractivity contribution in [3.8, 4) is 6.07 Å². The lowest BCUT2D eigenvalue weighted by Crippen LogP contribution is -2.48. The Labute approximate surface area is 250 Å². The first kappa shape index (κ1) is 29.1. The monoisotopic (exact) mass is 628 g/mol. The maximum Gasteiger partial charge on any atom is 0.423 e. The van der Waals surface area contributed by atoms with E-state index in [1.165, 1.54) is 35.3 Å². The first-order chi connectivity index (χ1) is 20.8. The maximum absolute atomic E-state index is 14.2. The van der Waals surface area contributed by atoms with E-state index in [0.29, 0.717) is 16.5 Å². The van der Waals surface area contributed by atoms with E-state index in [2.05, 4.69) is 15.7 Å². The van der Waals surface area contributed by atoms with Gasteiger partial charge in [0.2, 0.25) is 5.60 Å². The largest absolute Gasteiger partial charge is 0.423 e. The summed E-state index contributed by atoms with van der Waals surface area (Å²) in [5, 5.41) is 29.1. The van der Waals surface area contributed by atoms with Crippen molar-refractivity contribution >= 4 is 34.9 Å². The number of urea groups is 1. The molecule has 1 aromatic heterocycles. The number of aromatic nitrogens is 2. The minimum atomic E-state index is -5.26. The summed E-state index contributed by atoms with van der Waals surface area (Å²) < 4.78 is 71.6. The maximum atomic E-state index is 14.2. The van der Waals surface area contributed by atoms with Crippen LogP contribution in [0.4, 0.5) is 38.1 Å². The van der Waals surface area contributed by atoms with Crippen molar-refractivity contribution in [2.75, 3.05) is 16.8 Å². The third-order valence-electron chi connectivity index (χ3n) is 7.46. The van der Waals surface area contributed by atoms with Crippen molar-refractivity contribution in [3.63, 3.8) is 0 Å². The van der Waals surface area contributed by atoms with E-state index in [0.717, 1.165) is 24.3 Å². The highest BCUT2D eigenvalue weighted by atomic mass is 35.5. The van der Waals surface area contributed by atoms with E-state index in [-0.39, 0.29) is 45.2 Å². The van der Waals surface area contributed by atoms with E-state index in [4.69, 9.17) is 16.9 Å². The van der Waals surface area contributed by atoms with Gasteiger partial charge in [-0.2, -0.15) is 23.5 Å². The van der Waals surface area contributed by atoms with Crippen LogP contribution in [0.25, 0.3) is 0 Å². The normalized spacial score (nSPS) is 18.9. The van der Waals surface area contributed by atoms with E-state index < -0.39 is 53.5 Å². The lowest BCUT2D eigenvalue weighted by Gasteiger charge is -2.27. The molecular weight excluding hydrogens is 611 g/mol. The summed E-state index contributed by atoms with van der Waals surface area (Å²) in [6.07, 6.45) is -2.49. The molecule has 0 aliphatic carbocycles. The molecule has 3 heterocycles. The van der Waals surface area contributed by atoms with Crippen molar-refractivity contribution < 1.29 is 36.6 Å². The van der Waals surface area contributed by atoms with Crippen LogP contribution in [0.1, 0.15) is 44.2 Å². The Morgan fingerprint density at radius 1 is 1.18 bits per heavy atom. The van der Waals surface area contributed by atoms with Gasteiger partial charge in [-0.05, 0) is 54.1 Å². The Hall–Kier alpha value is -5.00. The number of benzene rings is 3. The smallest absolute Gasteiger partial charge is 0.375 e. The third kappa shape index (κ3) is 4.80. The van der Waals surface area contributed by atoms with Crippen molar-refractivity contribution in [1.82, 2.24) is 15.1 Å². The van der Waals surface area contributed by atoms with Gasteiger partial charge in [-0.1, -0.05) is 11.6 Å². The number of β-amino-alcohol motifs (C(OH)–C–C–N with tert-alkyl or cyclic N) is 1. The summed E-state index contributed by atoms with van der Waals surface area (Å²) >= 11 is 6.33. The van der Waals surface area contributed by atoms with Crippen molar-refractivity contribution in [2.45, 2.75) is 24.4 Å². The molecular formula is C29H18ClF5N6O3. The molecule has 0 spiro atoms. The quantitative estimate of drug-likeness (QED) is 0.262. The molecule has 15 heteroatoms. The topological polar surface area (TPSA) is 123 Å². The number of rotatable bonds is 4. The highest BCUT2D eigenvalue weighted by Gasteiger charge is 2.61. The molecule has 2 aliphatic heterocycles.